The first-order valence-electron chi connectivity index (χ1n) is 10.5. The van der Waals surface area contributed by atoms with Crippen LogP contribution >= 0.6 is 0 Å². The Morgan fingerprint density at radius 2 is 1.43 bits per heavy atom. The number of nitrogens with one attached hydrogen (secondary N) is 1. The molecule has 3 aromatic carbocycles. The van der Waals surface area contributed by atoms with E-state index in [0.717, 1.165) is 0 Å². The van der Waals surface area contributed by atoms with Crippen LogP contribution < -0.4 is 14.8 Å². The van der Waals surface area contributed by atoms with E-state index in [1.54, 1.807) is 49.6 Å². The van der Waals surface area contributed by atoms with Crippen molar-refractivity contribution in [3.05, 3.63) is 89.0 Å². The van der Waals surface area contributed by atoms with Crippen molar-refractivity contribution in [3.63, 3.8) is 0 Å². The first-order valence-corrected chi connectivity index (χ1v) is 11.8. The smallest absolute Gasteiger partial charge is 0.255 e. The van der Waals surface area contributed by atoms with Crippen LogP contribution in [0.2, 0.25) is 0 Å². The normalized spacial score (nSPS) is 12.3. The summed E-state index contributed by atoms with van der Waals surface area (Å²) in [6, 6.07) is 19.2. The summed E-state index contributed by atoms with van der Waals surface area (Å²) in [6.07, 6.45) is 0. The average Bonchev–Trinajstić information content (AvgIpc) is 2.88. The van der Waals surface area contributed by atoms with Gasteiger partial charge >= 0.3 is 0 Å². The number of carbonyl (C=O) groups is 1. The maximum Gasteiger partial charge on any atom is 0.255 e. The number of ether oxygens (including phenoxy) is 4. The van der Waals surface area contributed by atoms with Crippen molar-refractivity contribution < 1.29 is 32.5 Å². The summed E-state index contributed by atoms with van der Waals surface area (Å²) in [7, 11) is 5.98. The van der Waals surface area contributed by atoms with Gasteiger partial charge in [0, 0.05) is 11.1 Å². The molecule has 0 aliphatic rings. The van der Waals surface area contributed by atoms with Crippen LogP contribution in [0, 0.1) is 0 Å². The van der Waals surface area contributed by atoms with Gasteiger partial charge in [-0.05, 0) is 42.0 Å². The van der Waals surface area contributed by atoms with Gasteiger partial charge in [-0.1, -0.05) is 30.3 Å². The van der Waals surface area contributed by atoms with Gasteiger partial charge in [0.15, 0.2) is 22.6 Å². The number of para-hydroxylation sites is 1. The van der Waals surface area contributed by atoms with Gasteiger partial charge in [-0.15, -0.1) is 0 Å². The van der Waals surface area contributed by atoms with Crippen LogP contribution in [0.4, 0.5) is 5.69 Å². The van der Waals surface area contributed by atoms with Crippen molar-refractivity contribution in [2.75, 3.05) is 33.8 Å². The second-order valence-corrected chi connectivity index (χ2v) is 8.19. The van der Waals surface area contributed by atoms with E-state index < -0.39 is 11.1 Å². The number of amides is 1. The second kappa shape index (κ2) is 12.0. The third-order valence-corrected chi connectivity index (χ3v) is 5.76. The molecule has 0 aromatic heterocycles. The zero-order valence-corrected chi connectivity index (χ0v) is 20.7. The summed E-state index contributed by atoms with van der Waals surface area (Å²) < 4.78 is 44.0. The third-order valence-electron chi connectivity index (χ3n) is 5.20. The standard InChI is InChI=1S/C26H27NO7S/c1-31-22-13-9-8-12-19(22)24(33-3)25(34-4)20-15-23(32-2)21(14-18(20)16-35(29)30)27-26(28)17-10-6-5-7-11-17/h5-15H,16H2,1-4H3,(H,27,28)(H,29,30). The molecule has 35 heavy (non-hydrogen) atoms. The fourth-order valence-electron chi connectivity index (χ4n) is 3.62. The van der Waals surface area contributed by atoms with Gasteiger partial charge in [0.2, 0.25) is 0 Å². The van der Waals surface area contributed by atoms with Crippen LogP contribution in [-0.2, 0) is 26.3 Å². The van der Waals surface area contributed by atoms with E-state index in [4.69, 9.17) is 18.9 Å². The van der Waals surface area contributed by atoms with Crippen LogP contribution in [0.15, 0.2) is 66.7 Å². The Kier molecular flexibility index (Phi) is 8.88. The summed E-state index contributed by atoms with van der Waals surface area (Å²) in [6.45, 7) is 0. The van der Waals surface area contributed by atoms with E-state index in [1.165, 1.54) is 21.3 Å². The Hall–Kier alpha value is -3.82. The number of methoxy groups -OCH3 is 4. The van der Waals surface area contributed by atoms with Crippen molar-refractivity contribution in [3.8, 4) is 11.5 Å². The Balaban J connectivity index is 2.20. The van der Waals surface area contributed by atoms with Gasteiger partial charge in [0.1, 0.15) is 11.5 Å². The van der Waals surface area contributed by atoms with E-state index in [-0.39, 0.29) is 11.7 Å². The molecule has 0 radical (unpaired) electrons. The number of anilines is 1. The highest BCUT2D eigenvalue weighted by molar-refractivity contribution is 7.78. The van der Waals surface area contributed by atoms with E-state index in [9.17, 15) is 13.6 Å². The molecule has 0 saturated heterocycles. The topological polar surface area (TPSA) is 103 Å². The maximum atomic E-state index is 12.8. The molecule has 0 heterocycles. The van der Waals surface area contributed by atoms with Gasteiger partial charge in [0.05, 0.1) is 45.4 Å². The van der Waals surface area contributed by atoms with Crippen molar-refractivity contribution in [2.45, 2.75) is 5.75 Å². The molecule has 0 aliphatic carbocycles. The highest BCUT2D eigenvalue weighted by Crippen LogP contribution is 2.38. The number of benzene rings is 3. The van der Waals surface area contributed by atoms with Crippen molar-refractivity contribution in [2.24, 2.45) is 0 Å². The first kappa shape index (κ1) is 25.8. The molecule has 0 saturated carbocycles. The highest BCUT2D eigenvalue weighted by Gasteiger charge is 2.23. The van der Waals surface area contributed by atoms with Crippen LogP contribution in [0.3, 0.4) is 0 Å². The molecule has 1 unspecified atom stereocenters. The Morgan fingerprint density at radius 1 is 0.829 bits per heavy atom. The van der Waals surface area contributed by atoms with Gasteiger partial charge in [-0.25, -0.2) is 4.21 Å². The second-order valence-electron chi connectivity index (χ2n) is 7.26. The predicted octanol–water partition coefficient (Wildman–Crippen LogP) is 4.80. The lowest BCUT2D eigenvalue weighted by atomic mass is 10.0. The Morgan fingerprint density at radius 3 is 2.03 bits per heavy atom. The van der Waals surface area contributed by atoms with Crippen LogP contribution in [-0.4, -0.2) is 43.1 Å². The summed E-state index contributed by atoms with van der Waals surface area (Å²) >= 11 is -2.17. The summed E-state index contributed by atoms with van der Waals surface area (Å²) in [4.78, 5) is 12.8. The molecular formula is C26H27NO7S. The summed E-state index contributed by atoms with van der Waals surface area (Å²) in [5.74, 6) is 0.992. The maximum absolute atomic E-state index is 12.8. The van der Waals surface area contributed by atoms with Crippen molar-refractivity contribution in [1.29, 1.82) is 0 Å². The zero-order valence-electron chi connectivity index (χ0n) is 19.9. The monoisotopic (exact) mass is 497 g/mol. The fourth-order valence-corrected chi connectivity index (χ4v) is 4.13. The number of hydrogen-bond donors (Lipinski definition) is 2. The molecular weight excluding hydrogens is 470 g/mol. The lowest BCUT2D eigenvalue weighted by Gasteiger charge is -2.20. The lowest BCUT2D eigenvalue weighted by molar-refractivity contribution is 0.102. The molecule has 3 rings (SSSR count). The molecule has 8 nitrogen and oxygen atoms in total. The van der Waals surface area contributed by atoms with E-state index in [1.807, 2.05) is 24.3 Å². The predicted molar refractivity (Wildman–Crippen MR) is 136 cm³/mol. The van der Waals surface area contributed by atoms with E-state index in [2.05, 4.69) is 5.32 Å². The number of carbonyl (C=O) groups excluding carboxylic acids is 1. The van der Waals surface area contributed by atoms with Crippen LogP contribution in [0.1, 0.15) is 27.0 Å². The lowest BCUT2D eigenvalue weighted by Crippen LogP contribution is -2.14. The SMILES string of the molecule is COC(=C(OC)c1ccccc1OC)c1cc(OC)c(NC(=O)c2ccccc2)cc1CS(=O)O. The fraction of sp³-hybridized carbons (Fsp3) is 0.192. The molecule has 0 aliphatic heterocycles. The quantitative estimate of drug-likeness (QED) is 0.236. The molecule has 3 aromatic rings. The van der Waals surface area contributed by atoms with Gasteiger partial charge in [0.25, 0.3) is 5.91 Å². The summed E-state index contributed by atoms with van der Waals surface area (Å²) in [5.41, 5.74) is 2.34. The molecule has 1 amide bonds. The molecule has 9 heteroatoms. The van der Waals surface area contributed by atoms with Crippen LogP contribution in [0.5, 0.6) is 11.5 Å². The zero-order chi connectivity index (χ0) is 25.4. The molecule has 0 bridgehead atoms. The number of hydrogen-bond acceptors (Lipinski definition) is 6. The molecule has 0 fully saturated rings. The minimum atomic E-state index is -2.17. The van der Waals surface area contributed by atoms with Crippen molar-refractivity contribution >= 4 is 34.2 Å². The molecule has 0 spiro atoms. The van der Waals surface area contributed by atoms with Gasteiger partial charge in [-0.2, -0.15) is 0 Å². The van der Waals surface area contributed by atoms with E-state index >= 15 is 0 Å². The highest BCUT2D eigenvalue weighted by atomic mass is 32.2. The first-order chi connectivity index (χ1) is 16.9. The molecule has 1 atom stereocenters. The Labute approximate surface area is 206 Å². The van der Waals surface area contributed by atoms with Crippen molar-refractivity contribution in [1.82, 2.24) is 0 Å². The third kappa shape index (κ3) is 6.00. The molecule has 2 N–H and O–H groups in total. The van der Waals surface area contributed by atoms with Crippen LogP contribution in [0.25, 0.3) is 11.5 Å². The van der Waals surface area contributed by atoms with Gasteiger partial charge < -0.3 is 28.8 Å². The minimum absolute atomic E-state index is 0.219. The van der Waals surface area contributed by atoms with Gasteiger partial charge in [-0.3, -0.25) is 4.79 Å². The average molecular weight is 498 g/mol. The van der Waals surface area contributed by atoms with E-state index in [0.29, 0.717) is 51.0 Å². The Bertz CT molecular complexity index is 1240. The summed E-state index contributed by atoms with van der Waals surface area (Å²) in [5, 5.41) is 2.82. The minimum Gasteiger partial charge on any atom is -0.496 e. The largest absolute Gasteiger partial charge is 0.496 e. The number of rotatable bonds is 10. The molecule has 184 valence electrons.